The van der Waals surface area contributed by atoms with E-state index in [0.29, 0.717) is 0 Å². The van der Waals surface area contributed by atoms with Crippen molar-refractivity contribution in [3.63, 3.8) is 0 Å². The van der Waals surface area contributed by atoms with Crippen LogP contribution >= 0.6 is 0 Å². The molecule has 0 radical (unpaired) electrons. The molecule has 0 saturated heterocycles. The molecular weight excluding hydrogens is 304 g/mol. The van der Waals surface area contributed by atoms with Crippen LogP contribution in [0.2, 0.25) is 0 Å². The largest absolute Gasteiger partial charge is 0.293 e. The predicted octanol–water partition coefficient (Wildman–Crippen LogP) is 5.29. The van der Waals surface area contributed by atoms with Crippen molar-refractivity contribution < 1.29 is 4.79 Å². The first-order valence-electron chi connectivity index (χ1n) is 8.69. The summed E-state index contributed by atoms with van der Waals surface area (Å²) in [6.45, 7) is 0. The van der Waals surface area contributed by atoms with E-state index in [1.807, 2.05) is 72.8 Å². The van der Waals surface area contributed by atoms with Gasteiger partial charge in [0, 0.05) is 17.4 Å². The molecule has 0 spiro atoms. The number of allylic oxidation sites excluding steroid dienone is 8. The van der Waals surface area contributed by atoms with Crippen LogP contribution in [0.15, 0.2) is 109 Å². The van der Waals surface area contributed by atoms with E-state index in [0.717, 1.165) is 11.1 Å². The van der Waals surface area contributed by atoms with Crippen molar-refractivity contribution in [2.75, 3.05) is 0 Å². The van der Waals surface area contributed by atoms with Gasteiger partial charge in [0.25, 0.3) is 0 Å². The number of Topliss-reactive ketones (excluding diaryl/α,β-unsaturated/α-hetero) is 1. The van der Waals surface area contributed by atoms with Crippen molar-refractivity contribution in [1.29, 1.82) is 0 Å². The lowest BCUT2D eigenvalue weighted by molar-refractivity contribution is 0.0830. The third kappa shape index (κ3) is 2.53. The first-order valence-corrected chi connectivity index (χ1v) is 8.69. The van der Waals surface area contributed by atoms with Crippen molar-refractivity contribution >= 4 is 5.78 Å². The standard InChI is InChI=1S/C24H20O/c25-23(19-11-3-1-4-12-19)24(21-15-7-8-16-21,22-17-9-10-18-22)20-13-5-2-6-14-20/h1-18,21-22H. The first-order chi connectivity index (χ1) is 12.3. The van der Waals surface area contributed by atoms with Gasteiger partial charge in [0.2, 0.25) is 0 Å². The molecule has 25 heavy (non-hydrogen) atoms. The number of carbonyl (C=O) groups is 1. The summed E-state index contributed by atoms with van der Waals surface area (Å²) >= 11 is 0. The van der Waals surface area contributed by atoms with Crippen LogP contribution in [0.5, 0.6) is 0 Å². The molecule has 2 aliphatic carbocycles. The monoisotopic (exact) mass is 324 g/mol. The van der Waals surface area contributed by atoms with E-state index in [4.69, 9.17) is 0 Å². The van der Waals surface area contributed by atoms with Crippen LogP contribution in [0, 0.1) is 11.8 Å². The van der Waals surface area contributed by atoms with E-state index >= 15 is 0 Å². The van der Waals surface area contributed by atoms with E-state index in [1.165, 1.54) is 0 Å². The molecule has 0 heterocycles. The Kier molecular flexibility index (Phi) is 4.07. The summed E-state index contributed by atoms with van der Waals surface area (Å²) in [5, 5.41) is 0. The molecule has 2 aliphatic rings. The Bertz CT molecular complexity index is 817. The number of carbonyl (C=O) groups excluding carboxylic acids is 1. The van der Waals surface area contributed by atoms with Gasteiger partial charge in [-0.05, 0) is 5.56 Å². The predicted molar refractivity (Wildman–Crippen MR) is 102 cm³/mol. The normalized spacial score (nSPS) is 16.8. The van der Waals surface area contributed by atoms with E-state index in [2.05, 4.69) is 36.4 Å². The molecule has 0 atom stereocenters. The SMILES string of the molecule is O=C(c1ccccc1)C(c1ccccc1)(C1C=CC=C1)C1C=CC=C1. The molecule has 0 unspecified atom stereocenters. The molecule has 1 nitrogen and oxygen atoms in total. The second-order valence-corrected chi connectivity index (χ2v) is 6.52. The molecule has 0 aromatic heterocycles. The van der Waals surface area contributed by atoms with Gasteiger partial charge in [0.1, 0.15) is 0 Å². The zero-order chi connectivity index (χ0) is 17.1. The minimum atomic E-state index is -0.671. The average Bonchev–Trinajstić information content (AvgIpc) is 3.39. The Morgan fingerprint density at radius 2 is 1.08 bits per heavy atom. The van der Waals surface area contributed by atoms with Crippen molar-refractivity contribution in [2.45, 2.75) is 5.41 Å². The molecule has 0 aliphatic heterocycles. The molecule has 2 aromatic rings. The molecule has 4 rings (SSSR count). The molecule has 1 heteroatoms. The van der Waals surface area contributed by atoms with Gasteiger partial charge in [-0.15, -0.1) is 0 Å². The third-order valence-electron chi connectivity index (χ3n) is 5.21. The summed E-state index contributed by atoms with van der Waals surface area (Å²) in [6.07, 6.45) is 16.8. The van der Waals surface area contributed by atoms with E-state index in [9.17, 15) is 4.79 Å². The maximum atomic E-state index is 13.9. The van der Waals surface area contributed by atoms with Crippen molar-refractivity contribution in [1.82, 2.24) is 0 Å². The smallest absolute Gasteiger partial charge is 0.175 e. The van der Waals surface area contributed by atoms with Crippen molar-refractivity contribution in [2.24, 2.45) is 11.8 Å². The second kappa shape index (κ2) is 6.52. The summed E-state index contributed by atoms with van der Waals surface area (Å²) in [7, 11) is 0. The number of benzene rings is 2. The fourth-order valence-electron chi connectivity index (χ4n) is 4.05. The Morgan fingerprint density at radius 1 is 0.640 bits per heavy atom. The lowest BCUT2D eigenvalue weighted by Crippen LogP contribution is -2.46. The average molecular weight is 324 g/mol. The van der Waals surface area contributed by atoms with Crippen molar-refractivity contribution in [3.05, 3.63) is 120 Å². The van der Waals surface area contributed by atoms with Gasteiger partial charge in [-0.25, -0.2) is 0 Å². The van der Waals surface area contributed by atoms with E-state index in [-0.39, 0.29) is 17.6 Å². The van der Waals surface area contributed by atoms with Gasteiger partial charge in [-0.1, -0.05) is 109 Å². The molecular formula is C24H20O. The number of hydrogen-bond donors (Lipinski definition) is 0. The van der Waals surface area contributed by atoms with Gasteiger partial charge >= 0.3 is 0 Å². The lowest BCUT2D eigenvalue weighted by atomic mass is 9.59. The Balaban J connectivity index is 1.97. The van der Waals surface area contributed by atoms with Crippen LogP contribution in [0.4, 0.5) is 0 Å². The highest BCUT2D eigenvalue weighted by atomic mass is 16.1. The molecule has 0 saturated carbocycles. The fraction of sp³-hybridized carbons (Fsp3) is 0.125. The minimum absolute atomic E-state index is 0.0278. The van der Waals surface area contributed by atoms with Crippen LogP contribution in [0.1, 0.15) is 15.9 Å². The zero-order valence-corrected chi connectivity index (χ0v) is 14.0. The highest BCUT2D eigenvalue weighted by Gasteiger charge is 2.50. The van der Waals surface area contributed by atoms with E-state index in [1.54, 1.807) is 0 Å². The Hall–Kier alpha value is -2.93. The highest BCUT2D eigenvalue weighted by molar-refractivity contribution is 6.05. The van der Waals surface area contributed by atoms with Crippen LogP contribution in [0.25, 0.3) is 0 Å². The van der Waals surface area contributed by atoms with Crippen LogP contribution in [0.3, 0.4) is 0 Å². The Morgan fingerprint density at radius 3 is 1.56 bits per heavy atom. The molecule has 0 N–H and O–H groups in total. The van der Waals surface area contributed by atoms with Gasteiger partial charge < -0.3 is 0 Å². The quantitative estimate of drug-likeness (QED) is 0.683. The van der Waals surface area contributed by atoms with Gasteiger partial charge in [0.05, 0.1) is 5.41 Å². The second-order valence-electron chi connectivity index (χ2n) is 6.52. The summed E-state index contributed by atoms with van der Waals surface area (Å²) in [5.74, 6) is 0.224. The lowest BCUT2D eigenvalue weighted by Gasteiger charge is -2.40. The summed E-state index contributed by atoms with van der Waals surface area (Å²) in [4.78, 5) is 13.9. The number of rotatable bonds is 5. The first kappa shape index (κ1) is 15.6. The van der Waals surface area contributed by atoms with Gasteiger partial charge in [0.15, 0.2) is 5.78 Å². The maximum Gasteiger partial charge on any atom is 0.175 e. The van der Waals surface area contributed by atoms with Crippen LogP contribution in [-0.2, 0) is 5.41 Å². The summed E-state index contributed by atoms with van der Waals surface area (Å²) in [5.41, 5.74) is 1.15. The highest BCUT2D eigenvalue weighted by Crippen LogP contribution is 2.47. The number of hydrogen-bond acceptors (Lipinski definition) is 1. The third-order valence-corrected chi connectivity index (χ3v) is 5.21. The molecule has 2 aromatic carbocycles. The Labute approximate surface area is 148 Å². The summed E-state index contributed by atoms with van der Waals surface area (Å²) < 4.78 is 0. The van der Waals surface area contributed by atoms with Crippen LogP contribution < -0.4 is 0 Å². The van der Waals surface area contributed by atoms with E-state index < -0.39 is 5.41 Å². The molecule has 0 bridgehead atoms. The number of ketones is 1. The van der Waals surface area contributed by atoms with Crippen molar-refractivity contribution in [3.8, 4) is 0 Å². The topological polar surface area (TPSA) is 17.1 Å². The zero-order valence-electron chi connectivity index (χ0n) is 14.0. The molecule has 122 valence electrons. The molecule has 0 fully saturated rings. The van der Waals surface area contributed by atoms with Gasteiger partial charge in [-0.2, -0.15) is 0 Å². The van der Waals surface area contributed by atoms with Gasteiger partial charge in [-0.3, -0.25) is 4.79 Å². The maximum absolute atomic E-state index is 13.9. The molecule has 0 amide bonds. The minimum Gasteiger partial charge on any atom is -0.293 e. The summed E-state index contributed by atoms with van der Waals surface area (Å²) in [6, 6.07) is 19.9. The van der Waals surface area contributed by atoms with Crippen LogP contribution in [-0.4, -0.2) is 5.78 Å². The fourth-order valence-corrected chi connectivity index (χ4v) is 4.05.